The molecule has 0 aliphatic carbocycles. The summed E-state index contributed by atoms with van der Waals surface area (Å²) in [4.78, 5) is 2.27. The predicted octanol–water partition coefficient (Wildman–Crippen LogP) is 4.35. The van der Waals surface area contributed by atoms with Crippen LogP contribution in [0.3, 0.4) is 0 Å². The molecular formula is C18H24N2. The fourth-order valence-corrected chi connectivity index (χ4v) is 2.63. The van der Waals surface area contributed by atoms with Crippen LogP contribution in [0.15, 0.2) is 42.5 Å². The van der Waals surface area contributed by atoms with Crippen LogP contribution in [0.1, 0.15) is 36.5 Å². The largest absolute Gasteiger partial charge is 0.344 e. The molecule has 0 aliphatic heterocycles. The van der Waals surface area contributed by atoms with E-state index in [2.05, 4.69) is 75.2 Å². The molecule has 0 fully saturated rings. The molecule has 0 spiro atoms. The summed E-state index contributed by atoms with van der Waals surface area (Å²) >= 11 is 0. The van der Waals surface area contributed by atoms with E-state index in [-0.39, 0.29) is 0 Å². The van der Waals surface area contributed by atoms with Crippen LogP contribution in [0.5, 0.6) is 0 Å². The van der Waals surface area contributed by atoms with Crippen LogP contribution in [0.25, 0.3) is 0 Å². The van der Waals surface area contributed by atoms with E-state index in [9.17, 15) is 0 Å². The second kappa shape index (κ2) is 6.10. The first-order valence-corrected chi connectivity index (χ1v) is 7.16. The highest BCUT2D eigenvalue weighted by molar-refractivity contribution is 5.70. The highest BCUT2D eigenvalue weighted by atomic mass is 15.1. The van der Waals surface area contributed by atoms with E-state index in [4.69, 9.17) is 5.73 Å². The molecule has 0 saturated heterocycles. The number of para-hydroxylation sites is 1. The van der Waals surface area contributed by atoms with Gasteiger partial charge in [-0.3, -0.25) is 0 Å². The molecule has 0 radical (unpaired) electrons. The second-order valence-electron chi connectivity index (χ2n) is 5.60. The highest BCUT2D eigenvalue weighted by Gasteiger charge is 2.14. The molecule has 0 amide bonds. The zero-order chi connectivity index (χ0) is 14.7. The number of anilines is 2. The topological polar surface area (TPSA) is 29.3 Å². The Kier molecular flexibility index (Phi) is 4.46. The number of hydrogen-bond donors (Lipinski definition) is 1. The summed E-state index contributed by atoms with van der Waals surface area (Å²) in [5, 5.41) is 0. The first-order chi connectivity index (χ1) is 9.54. The SMILES string of the molecule is Cc1cccc(C(C)C)c1N(C)c1cccc(CN)c1. The third-order valence-electron chi connectivity index (χ3n) is 3.76. The van der Waals surface area contributed by atoms with Crippen molar-refractivity contribution in [3.63, 3.8) is 0 Å². The van der Waals surface area contributed by atoms with Crippen LogP contribution in [-0.4, -0.2) is 7.05 Å². The normalized spacial score (nSPS) is 10.9. The van der Waals surface area contributed by atoms with Crippen molar-refractivity contribution in [1.29, 1.82) is 0 Å². The van der Waals surface area contributed by atoms with E-state index in [0.717, 1.165) is 5.56 Å². The van der Waals surface area contributed by atoms with E-state index >= 15 is 0 Å². The molecule has 2 heteroatoms. The number of benzene rings is 2. The Morgan fingerprint density at radius 1 is 1.10 bits per heavy atom. The van der Waals surface area contributed by atoms with Gasteiger partial charge in [0, 0.05) is 25.0 Å². The monoisotopic (exact) mass is 268 g/mol. The Balaban J connectivity index is 2.49. The van der Waals surface area contributed by atoms with Crippen LogP contribution in [0.2, 0.25) is 0 Å². The smallest absolute Gasteiger partial charge is 0.0472 e. The van der Waals surface area contributed by atoms with Crippen LogP contribution in [-0.2, 0) is 6.54 Å². The second-order valence-corrected chi connectivity index (χ2v) is 5.60. The maximum Gasteiger partial charge on any atom is 0.0472 e. The van der Waals surface area contributed by atoms with Gasteiger partial charge in [0.25, 0.3) is 0 Å². The van der Waals surface area contributed by atoms with Crippen molar-refractivity contribution >= 4 is 11.4 Å². The number of rotatable bonds is 4. The van der Waals surface area contributed by atoms with Crippen LogP contribution in [0, 0.1) is 6.92 Å². The average Bonchev–Trinajstić information content (AvgIpc) is 2.46. The lowest BCUT2D eigenvalue weighted by Gasteiger charge is -2.26. The molecule has 2 rings (SSSR count). The maximum atomic E-state index is 5.75. The summed E-state index contributed by atoms with van der Waals surface area (Å²) in [5.74, 6) is 0.505. The minimum Gasteiger partial charge on any atom is -0.344 e. The number of nitrogens with two attached hydrogens (primary N) is 1. The Bertz CT molecular complexity index is 588. The Labute approximate surface area is 122 Å². The van der Waals surface area contributed by atoms with Crippen LogP contribution in [0.4, 0.5) is 11.4 Å². The molecule has 2 nitrogen and oxygen atoms in total. The molecule has 0 bridgehead atoms. The lowest BCUT2D eigenvalue weighted by atomic mass is 9.97. The molecule has 106 valence electrons. The molecule has 0 aliphatic rings. The standard InChI is InChI=1S/C18H24N2/c1-13(2)17-10-5-7-14(3)18(17)20(4)16-9-6-8-15(11-16)12-19/h5-11,13H,12,19H2,1-4H3. The zero-order valence-electron chi connectivity index (χ0n) is 12.9. The van der Waals surface area contributed by atoms with Gasteiger partial charge in [-0.05, 0) is 41.7 Å². The van der Waals surface area contributed by atoms with Gasteiger partial charge in [0.1, 0.15) is 0 Å². The van der Waals surface area contributed by atoms with Crippen molar-refractivity contribution in [1.82, 2.24) is 0 Å². The van der Waals surface area contributed by atoms with Gasteiger partial charge in [0.2, 0.25) is 0 Å². The molecule has 0 saturated carbocycles. The average molecular weight is 268 g/mol. The van der Waals surface area contributed by atoms with Gasteiger partial charge < -0.3 is 10.6 Å². The maximum absolute atomic E-state index is 5.75. The van der Waals surface area contributed by atoms with Gasteiger partial charge in [-0.15, -0.1) is 0 Å². The van der Waals surface area contributed by atoms with Gasteiger partial charge in [-0.1, -0.05) is 44.2 Å². The van der Waals surface area contributed by atoms with Gasteiger partial charge in [-0.25, -0.2) is 0 Å². The fourth-order valence-electron chi connectivity index (χ4n) is 2.63. The minimum absolute atomic E-state index is 0.505. The van der Waals surface area contributed by atoms with Gasteiger partial charge >= 0.3 is 0 Å². The minimum atomic E-state index is 0.505. The first kappa shape index (κ1) is 14.6. The summed E-state index contributed by atoms with van der Waals surface area (Å²) < 4.78 is 0. The number of hydrogen-bond acceptors (Lipinski definition) is 2. The molecule has 2 aromatic carbocycles. The Hall–Kier alpha value is -1.80. The molecule has 0 unspecified atom stereocenters. The number of nitrogens with zero attached hydrogens (tertiary/aromatic N) is 1. The fraction of sp³-hybridized carbons (Fsp3) is 0.333. The Morgan fingerprint density at radius 3 is 2.45 bits per heavy atom. The third-order valence-corrected chi connectivity index (χ3v) is 3.76. The van der Waals surface area contributed by atoms with E-state index in [0.29, 0.717) is 12.5 Å². The lowest BCUT2D eigenvalue weighted by molar-refractivity contribution is 0.860. The Morgan fingerprint density at radius 2 is 1.80 bits per heavy atom. The van der Waals surface area contributed by atoms with Crippen molar-refractivity contribution in [3.05, 3.63) is 59.2 Å². The van der Waals surface area contributed by atoms with Crippen molar-refractivity contribution < 1.29 is 0 Å². The van der Waals surface area contributed by atoms with Crippen LogP contribution >= 0.6 is 0 Å². The molecule has 20 heavy (non-hydrogen) atoms. The van der Waals surface area contributed by atoms with Crippen molar-refractivity contribution in [2.75, 3.05) is 11.9 Å². The van der Waals surface area contributed by atoms with Crippen molar-refractivity contribution in [2.24, 2.45) is 5.73 Å². The van der Waals surface area contributed by atoms with Gasteiger partial charge in [0.05, 0.1) is 0 Å². The molecular weight excluding hydrogens is 244 g/mol. The molecule has 0 heterocycles. The van der Waals surface area contributed by atoms with Crippen molar-refractivity contribution in [2.45, 2.75) is 33.2 Å². The van der Waals surface area contributed by atoms with Gasteiger partial charge in [0.15, 0.2) is 0 Å². The molecule has 0 atom stereocenters. The van der Waals surface area contributed by atoms with Crippen molar-refractivity contribution in [3.8, 4) is 0 Å². The predicted molar refractivity (Wildman–Crippen MR) is 87.7 cm³/mol. The highest BCUT2D eigenvalue weighted by Crippen LogP contribution is 2.34. The molecule has 2 aromatic rings. The summed E-state index contributed by atoms with van der Waals surface area (Å²) in [5.41, 5.74) is 12.1. The van der Waals surface area contributed by atoms with Crippen LogP contribution < -0.4 is 10.6 Å². The molecule has 2 N–H and O–H groups in total. The number of aryl methyl sites for hydroxylation is 1. The summed E-state index contributed by atoms with van der Waals surface area (Å²) in [7, 11) is 2.13. The van der Waals surface area contributed by atoms with E-state index in [1.165, 1.54) is 22.5 Å². The van der Waals surface area contributed by atoms with E-state index in [1.807, 2.05) is 0 Å². The first-order valence-electron chi connectivity index (χ1n) is 7.16. The quantitative estimate of drug-likeness (QED) is 0.893. The summed E-state index contributed by atoms with van der Waals surface area (Å²) in [6, 6.07) is 15.0. The zero-order valence-corrected chi connectivity index (χ0v) is 12.9. The molecule has 0 aromatic heterocycles. The van der Waals surface area contributed by atoms with E-state index in [1.54, 1.807) is 0 Å². The van der Waals surface area contributed by atoms with Gasteiger partial charge in [-0.2, -0.15) is 0 Å². The third kappa shape index (κ3) is 2.86. The summed E-state index contributed by atoms with van der Waals surface area (Å²) in [6.07, 6.45) is 0. The van der Waals surface area contributed by atoms with E-state index < -0.39 is 0 Å². The lowest BCUT2D eigenvalue weighted by Crippen LogP contribution is -2.14. The summed E-state index contributed by atoms with van der Waals surface area (Å²) in [6.45, 7) is 7.22.